The van der Waals surface area contributed by atoms with Gasteiger partial charge in [0.15, 0.2) is 0 Å². The molecule has 1 heterocycles. The monoisotopic (exact) mass is 193 g/mol. The van der Waals surface area contributed by atoms with Crippen molar-refractivity contribution in [2.24, 2.45) is 0 Å². The standard InChI is InChI=1S/C9H11N3O2/c1-6-4-8(13)12(11(2)3)9(14)7(6)5-10/h4,13H,1-3H3. The first-order valence-corrected chi connectivity index (χ1v) is 4.02. The molecule has 0 aromatic carbocycles. The van der Waals surface area contributed by atoms with Gasteiger partial charge in [0.05, 0.1) is 0 Å². The molecule has 0 aliphatic heterocycles. The van der Waals surface area contributed by atoms with Gasteiger partial charge in [-0.05, 0) is 12.5 Å². The predicted octanol–water partition coefficient (Wildman–Crippen LogP) is -0.0684. The number of aromatic nitrogens is 1. The third-order valence-corrected chi connectivity index (χ3v) is 1.87. The number of nitrogens with zero attached hydrogens (tertiary/aromatic N) is 3. The molecule has 0 fully saturated rings. The van der Waals surface area contributed by atoms with Gasteiger partial charge in [-0.1, -0.05) is 0 Å². The van der Waals surface area contributed by atoms with E-state index in [-0.39, 0.29) is 11.4 Å². The lowest BCUT2D eigenvalue weighted by Crippen LogP contribution is -2.37. The molecule has 1 aromatic heterocycles. The molecule has 1 aromatic rings. The molecule has 0 unspecified atom stereocenters. The van der Waals surface area contributed by atoms with E-state index in [4.69, 9.17) is 5.26 Å². The van der Waals surface area contributed by atoms with Crippen LogP contribution >= 0.6 is 0 Å². The largest absolute Gasteiger partial charge is 0.493 e. The minimum absolute atomic E-state index is 0.0523. The maximum atomic E-state index is 11.6. The fraction of sp³-hybridized carbons (Fsp3) is 0.333. The maximum Gasteiger partial charge on any atom is 0.290 e. The molecule has 0 saturated carbocycles. The first kappa shape index (κ1) is 10.1. The summed E-state index contributed by atoms with van der Waals surface area (Å²) in [5, 5.41) is 19.6. The Labute approximate surface area is 81.4 Å². The summed E-state index contributed by atoms with van der Waals surface area (Å²) in [4.78, 5) is 11.6. The van der Waals surface area contributed by atoms with E-state index in [0.29, 0.717) is 5.56 Å². The molecule has 74 valence electrons. The molecular weight excluding hydrogens is 182 g/mol. The van der Waals surface area contributed by atoms with Crippen LogP contribution in [0.1, 0.15) is 11.1 Å². The van der Waals surface area contributed by atoms with E-state index in [2.05, 4.69) is 0 Å². The molecule has 1 N–H and O–H groups in total. The SMILES string of the molecule is Cc1cc(O)n(N(C)C)c(=O)c1C#N. The Morgan fingerprint density at radius 1 is 1.57 bits per heavy atom. The van der Waals surface area contributed by atoms with Crippen molar-refractivity contribution < 1.29 is 5.11 Å². The summed E-state index contributed by atoms with van der Waals surface area (Å²) in [5.74, 6) is -0.170. The molecule has 14 heavy (non-hydrogen) atoms. The zero-order valence-corrected chi connectivity index (χ0v) is 8.27. The van der Waals surface area contributed by atoms with E-state index in [9.17, 15) is 9.90 Å². The highest BCUT2D eigenvalue weighted by Gasteiger charge is 2.12. The molecule has 0 amide bonds. The van der Waals surface area contributed by atoms with Crippen LogP contribution in [-0.2, 0) is 0 Å². The minimum atomic E-state index is -0.505. The smallest absolute Gasteiger partial charge is 0.290 e. The average molecular weight is 193 g/mol. The lowest BCUT2D eigenvalue weighted by Gasteiger charge is -2.17. The zero-order chi connectivity index (χ0) is 10.9. The van der Waals surface area contributed by atoms with Gasteiger partial charge in [0, 0.05) is 20.2 Å². The lowest BCUT2D eigenvalue weighted by molar-refractivity contribution is 0.408. The molecule has 0 radical (unpaired) electrons. The minimum Gasteiger partial charge on any atom is -0.493 e. The Bertz CT molecular complexity index is 454. The van der Waals surface area contributed by atoms with Crippen LogP contribution in [0.25, 0.3) is 0 Å². The quantitative estimate of drug-likeness (QED) is 0.678. The maximum absolute atomic E-state index is 11.6. The van der Waals surface area contributed by atoms with Crippen LogP contribution in [0.2, 0.25) is 0 Å². The number of hydrogen-bond donors (Lipinski definition) is 1. The molecule has 0 atom stereocenters. The Kier molecular flexibility index (Phi) is 2.47. The van der Waals surface area contributed by atoms with Gasteiger partial charge in [0.1, 0.15) is 11.6 Å². The highest BCUT2D eigenvalue weighted by molar-refractivity contribution is 5.38. The number of pyridine rings is 1. The highest BCUT2D eigenvalue weighted by atomic mass is 16.3. The average Bonchev–Trinajstić information content (AvgIpc) is 2.02. The molecule has 0 saturated heterocycles. The van der Waals surface area contributed by atoms with Gasteiger partial charge < -0.3 is 10.1 Å². The molecule has 5 heteroatoms. The summed E-state index contributed by atoms with van der Waals surface area (Å²) in [6.45, 7) is 1.61. The van der Waals surface area contributed by atoms with Crippen LogP contribution in [-0.4, -0.2) is 23.9 Å². The van der Waals surface area contributed by atoms with E-state index in [1.54, 1.807) is 21.0 Å². The first-order valence-electron chi connectivity index (χ1n) is 4.02. The predicted molar refractivity (Wildman–Crippen MR) is 51.9 cm³/mol. The van der Waals surface area contributed by atoms with Crippen LogP contribution in [0.3, 0.4) is 0 Å². The summed E-state index contributed by atoms with van der Waals surface area (Å²) < 4.78 is 1.03. The van der Waals surface area contributed by atoms with Crippen molar-refractivity contribution in [1.29, 1.82) is 5.26 Å². The van der Waals surface area contributed by atoms with Gasteiger partial charge in [0.2, 0.25) is 5.88 Å². The lowest BCUT2D eigenvalue weighted by atomic mass is 10.2. The van der Waals surface area contributed by atoms with Crippen molar-refractivity contribution in [3.63, 3.8) is 0 Å². The van der Waals surface area contributed by atoms with Crippen molar-refractivity contribution in [3.05, 3.63) is 27.5 Å². The molecular formula is C9H11N3O2. The number of rotatable bonds is 1. The second kappa shape index (κ2) is 3.42. The fourth-order valence-corrected chi connectivity index (χ4v) is 1.23. The second-order valence-electron chi connectivity index (χ2n) is 3.14. The fourth-order valence-electron chi connectivity index (χ4n) is 1.23. The third-order valence-electron chi connectivity index (χ3n) is 1.87. The van der Waals surface area contributed by atoms with Gasteiger partial charge >= 0.3 is 0 Å². The third kappa shape index (κ3) is 1.42. The molecule has 5 nitrogen and oxygen atoms in total. The zero-order valence-electron chi connectivity index (χ0n) is 8.27. The van der Waals surface area contributed by atoms with Crippen molar-refractivity contribution in [1.82, 2.24) is 4.68 Å². The van der Waals surface area contributed by atoms with Crippen LogP contribution in [0, 0.1) is 18.3 Å². The molecule has 0 spiro atoms. The Hall–Kier alpha value is -1.96. The summed E-state index contributed by atoms with van der Waals surface area (Å²) in [5.41, 5.74) is 0.0274. The van der Waals surface area contributed by atoms with Crippen LogP contribution in [0.4, 0.5) is 0 Å². The van der Waals surface area contributed by atoms with E-state index in [0.717, 1.165) is 4.68 Å². The number of aryl methyl sites for hydroxylation is 1. The first-order chi connectivity index (χ1) is 6.49. The van der Waals surface area contributed by atoms with Gasteiger partial charge in [-0.3, -0.25) is 4.79 Å². The van der Waals surface area contributed by atoms with Crippen LogP contribution in [0.15, 0.2) is 10.9 Å². The van der Waals surface area contributed by atoms with Crippen LogP contribution in [0.5, 0.6) is 5.88 Å². The van der Waals surface area contributed by atoms with Gasteiger partial charge in [0.25, 0.3) is 5.56 Å². The topological polar surface area (TPSA) is 69.3 Å². The van der Waals surface area contributed by atoms with Gasteiger partial charge in [-0.15, -0.1) is 0 Å². The van der Waals surface area contributed by atoms with Crippen molar-refractivity contribution in [2.75, 3.05) is 19.1 Å². The molecule has 0 aliphatic rings. The normalized spacial score (nSPS) is 9.57. The van der Waals surface area contributed by atoms with Crippen molar-refractivity contribution in [2.45, 2.75) is 6.92 Å². The summed E-state index contributed by atoms with van der Waals surface area (Å²) in [7, 11) is 3.22. The number of aromatic hydroxyl groups is 1. The van der Waals surface area contributed by atoms with E-state index in [1.807, 2.05) is 6.07 Å². The van der Waals surface area contributed by atoms with E-state index in [1.165, 1.54) is 11.1 Å². The summed E-state index contributed by atoms with van der Waals surface area (Å²) in [6.07, 6.45) is 0. The number of nitriles is 1. The Balaban J connectivity index is 3.63. The highest BCUT2D eigenvalue weighted by Crippen LogP contribution is 2.10. The molecule has 0 bridgehead atoms. The summed E-state index contributed by atoms with van der Waals surface area (Å²) in [6, 6.07) is 3.20. The van der Waals surface area contributed by atoms with Gasteiger partial charge in [-0.25, -0.2) is 0 Å². The van der Waals surface area contributed by atoms with E-state index >= 15 is 0 Å². The van der Waals surface area contributed by atoms with Gasteiger partial charge in [-0.2, -0.15) is 9.94 Å². The van der Waals surface area contributed by atoms with Crippen molar-refractivity contribution in [3.8, 4) is 11.9 Å². The molecule has 0 aliphatic carbocycles. The number of hydrogen-bond acceptors (Lipinski definition) is 4. The van der Waals surface area contributed by atoms with Crippen molar-refractivity contribution >= 4 is 0 Å². The van der Waals surface area contributed by atoms with Crippen LogP contribution < -0.4 is 10.6 Å². The second-order valence-corrected chi connectivity index (χ2v) is 3.14. The molecule has 1 rings (SSSR count). The Morgan fingerprint density at radius 3 is 2.57 bits per heavy atom. The Morgan fingerprint density at radius 2 is 2.14 bits per heavy atom. The summed E-state index contributed by atoms with van der Waals surface area (Å²) >= 11 is 0. The van der Waals surface area contributed by atoms with E-state index < -0.39 is 5.56 Å².